The summed E-state index contributed by atoms with van der Waals surface area (Å²) in [4.78, 5) is 8.54. The normalized spacial score (nSPS) is 11.9. The number of hydrogen-bond acceptors (Lipinski definition) is 4. The molecule has 2 aromatic rings. The Hall–Kier alpha value is -2.10. The molecule has 1 aromatic carbocycles. The van der Waals surface area contributed by atoms with Crippen LogP contribution in [0.3, 0.4) is 0 Å². The summed E-state index contributed by atoms with van der Waals surface area (Å²) in [6, 6.07) is 8.18. The van der Waals surface area contributed by atoms with Crippen LogP contribution < -0.4 is 10.1 Å². The van der Waals surface area contributed by atoms with Gasteiger partial charge in [0.1, 0.15) is 18.2 Å². The largest absolute Gasteiger partial charge is 0.487 e. The van der Waals surface area contributed by atoms with Crippen molar-refractivity contribution in [3.05, 3.63) is 47.9 Å². The Labute approximate surface area is 120 Å². The van der Waals surface area contributed by atoms with Gasteiger partial charge in [0.25, 0.3) is 0 Å². The van der Waals surface area contributed by atoms with E-state index in [0.717, 1.165) is 23.7 Å². The summed E-state index contributed by atoms with van der Waals surface area (Å²) < 4.78 is 5.90. The molecule has 0 amide bonds. The smallest absolute Gasteiger partial charge is 0.144 e. The number of ether oxygens (including phenoxy) is 1. The summed E-state index contributed by atoms with van der Waals surface area (Å²) in [5.74, 6) is 2.18. The summed E-state index contributed by atoms with van der Waals surface area (Å²) in [6.07, 6.45) is 4.54. The quantitative estimate of drug-likeness (QED) is 0.872. The molecule has 1 unspecified atom stereocenters. The van der Waals surface area contributed by atoms with E-state index in [-0.39, 0.29) is 0 Å². The van der Waals surface area contributed by atoms with Crippen LogP contribution in [-0.2, 0) is 6.61 Å². The zero-order valence-electron chi connectivity index (χ0n) is 12.3. The molecule has 20 heavy (non-hydrogen) atoms. The molecule has 4 nitrogen and oxygen atoms in total. The maximum Gasteiger partial charge on any atom is 0.144 e. The Morgan fingerprint density at radius 1 is 1.20 bits per heavy atom. The number of nitrogens with one attached hydrogen (secondary N) is 1. The molecular weight excluding hydrogens is 250 g/mol. The molecule has 1 aromatic heterocycles. The van der Waals surface area contributed by atoms with Gasteiger partial charge in [-0.25, -0.2) is 4.98 Å². The Morgan fingerprint density at radius 2 is 2.00 bits per heavy atom. The Kier molecular flexibility index (Phi) is 4.93. The van der Waals surface area contributed by atoms with E-state index >= 15 is 0 Å². The number of benzene rings is 1. The van der Waals surface area contributed by atoms with Gasteiger partial charge in [-0.15, -0.1) is 0 Å². The first-order valence-corrected chi connectivity index (χ1v) is 6.95. The SMILES string of the molecule is CCC(C)c1ccccc1OCc1cnc(NC)cn1. The first kappa shape index (κ1) is 14.3. The van der Waals surface area contributed by atoms with Crippen molar-refractivity contribution < 1.29 is 4.74 Å². The van der Waals surface area contributed by atoms with Crippen molar-refractivity contribution in [2.45, 2.75) is 32.8 Å². The molecule has 0 radical (unpaired) electrons. The minimum absolute atomic E-state index is 0.435. The molecule has 0 spiro atoms. The highest BCUT2D eigenvalue weighted by Gasteiger charge is 2.09. The number of hydrogen-bond donors (Lipinski definition) is 1. The van der Waals surface area contributed by atoms with Gasteiger partial charge >= 0.3 is 0 Å². The fourth-order valence-corrected chi connectivity index (χ4v) is 1.95. The molecule has 0 fully saturated rings. The third-order valence-corrected chi connectivity index (χ3v) is 3.40. The van der Waals surface area contributed by atoms with Gasteiger partial charge in [0.05, 0.1) is 18.1 Å². The third kappa shape index (κ3) is 3.47. The van der Waals surface area contributed by atoms with Crippen LogP contribution in [0.2, 0.25) is 0 Å². The van der Waals surface area contributed by atoms with E-state index in [4.69, 9.17) is 4.74 Å². The molecule has 0 bridgehead atoms. The number of nitrogens with zero attached hydrogens (tertiary/aromatic N) is 2. The van der Waals surface area contributed by atoms with Crippen molar-refractivity contribution in [1.29, 1.82) is 0 Å². The number of para-hydroxylation sites is 1. The molecule has 1 atom stereocenters. The van der Waals surface area contributed by atoms with Crippen molar-refractivity contribution in [1.82, 2.24) is 9.97 Å². The second-order valence-corrected chi connectivity index (χ2v) is 4.78. The lowest BCUT2D eigenvalue weighted by molar-refractivity contribution is 0.296. The van der Waals surface area contributed by atoms with Crippen LogP contribution in [0.25, 0.3) is 0 Å². The average molecular weight is 271 g/mol. The molecule has 1 N–H and O–H groups in total. The van der Waals surface area contributed by atoms with Gasteiger partial charge in [-0.3, -0.25) is 4.98 Å². The maximum absolute atomic E-state index is 5.90. The van der Waals surface area contributed by atoms with Crippen molar-refractivity contribution in [3.8, 4) is 5.75 Å². The lowest BCUT2D eigenvalue weighted by atomic mass is 9.98. The minimum atomic E-state index is 0.435. The van der Waals surface area contributed by atoms with E-state index in [9.17, 15) is 0 Å². The monoisotopic (exact) mass is 271 g/mol. The van der Waals surface area contributed by atoms with Gasteiger partial charge in [-0.05, 0) is 24.0 Å². The van der Waals surface area contributed by atoms with Gasteiger partial charge < -0.3 is 10.1 Å². The van der Waals surface area contributed by atoms with Gasteiger partial charge in [-0.2, -0.15) is 0 Å². The van der Waals surface area contributed by atoms with Crippen LogP contribution in [0.1, 0.15) is 37.4 Å². The second-order valence-electron chi connectivity index (χ2n) is 4.78. The van der Waals surface area contributed by atoms with Crippen molar-refractivity contribution in [2.75, 3.05) is 12.4 Å². The summed E-state index contributed by atoms with van der Waals surface area (Å²) in [6.45, 7) is 4.83. The standard InChI is InChI=1S/C16H21N3O/c1-4-12(2)14-7-5-6-8-15(14)20-11-13-9-19-16(17-3)10-18-13/h5-10,12H,4,11H2,1-3H3,(H,17,19). The second kappa shape index (κ2) is 6.89. The highest BCUT2D eigenvalue weighted by molar-refractivity contribution is 5.36. The first-order chi connectivity index (χ1) is 9.74. The summed E-state index contributed by atoms with van der Waals surface area (Å²) >= 11 is 0. The molecular formula is C16H21N3O. The van der Waals surface area contributed by atoms with Crippen LogP contribution >= 0.6 is 0 Å². The maximum atomic E-state index is 5.90. The molecule has 0 aliphatic carbocycles. The van der Waals surface area contributed by atoms with E-state index < -0.39 is 0 Å². The highest BCUT2D eigenvalue weighted by atomic mass is 16.5. The molecule has 0 saturated heterocycles. The fourth-order valence-electron chi connectivity index (χ4n) is 1.95. The molecule has 106 valence electrons. The van der Waals surface area contributed by atoms with Crippen molar-refractivity contribution in [3.63, 3.8) is 0 Å². The lowest BCUT2D eigenvalue weighted by Gasteiger charge is -2.15. The van der Waals surface area contributed by atoms with Gasteiger partial charge in [-0.1, -0.05) is 32.0 Å². The zero-order chi connectivity index (χ0) is 14.4. The Bertz CT molecular complexity index is 540. The number of aromatic nitrogens is 2. The predicted molar refractivity (Wildman–Crippen MR) is 81.1 cm³/mol. The number of rotatable bonds is 6. The van der Waals surface area contributed by atoms with E-state index in [0.29, 0.717) is 12.5 Å². The van der Waals surface area contributed by atoms with Gasteiger partial charge in [0, 0.05) is 7.05 Å². The molecule has 0 aliphatic rings. The van der Waals surface area contributed by atoms with Crippen LogP contribution in [0.15, 0.2) is 36.7 Å². The molecule has 0 saturated carbocycles. The van der Waals surface area contributed by atoms with Gasteiger partial charge in [0.15, 0.2) is 0 Å². The molecule has 0 aliphatic heterocycles. The molecule has 2 rings (SSSR count). The molecule has 4 heteroatoms. The van der Waals surface area contributed by atoms with E-state index in [2.05, 4.69) is 41.3 Å². The van der Waals surface area contributed by atoms with Crippen LogP contribution in [0.4, 0.5) is 5.82 Å². The van der Waals surface area contributed by atoms with Crippen molar-refractivity contribution in [2.24, 2.45) is 0 Å². The van der Waals surface area contributed by atoms with Crippen molar-refractivity contribution >= 4 is 5.82 Å². The molecule has 1 heterocycles. The Balaban J connectivity index is 2.06. The summed E-state index contributed by atoms with van der Waals surface area (Å²) in [5, 5.41) is 2.95. The summed E-state index contributed by atoms with van der Waals surface area (Å²) in [7, 11) is 1.82. The van der Waals surface area contributed by atoms with Gasteiger partial charge in [0.2, 0.25) is 0 Å². The van der Waals surface area contributed by atoms with E-state index in [1.54, 1.807) is 12.4 Å². The zero-order valence-corrected chi connectivity index (χ0v) is 12.3. The average Bonchev–Trinajstić information content (AvgIpc) is 2.53. The fraction of sp³-hybridized carbons (Fsp3) is 0.375. The third-order valence-electron chi connectivity index (χ3n) is 3.40. The minimum Gasteiger partial charge on any atom is -0.487 e. The lowest BCUT2D eigenvalue weighted by Crippen LogP contribution is -2.03. The van der Waals surface area contributed by atoms with Crippen LogP contribution in [0, 0.1) is 0 Å². The predicted octanol–water partition coefficient (Wildman–Crippen LogP) is 3.61. The van der Waals surface area contributed by atoms with Crippen LogP contribution in [-0.4, -0.2) is 17.0 Å². The first-order valence-electron chi connectivity index (χ1n) is 6.95. The highest BCUT2D eigenvalue weighted by Crippen LogP contribution is 2.28. The number of anilines is 1. The Morgan fingerprint density at radius 3 is 2.65 bits per heavy atom. The van der Waals surface area contributed by atoms with E-state index in [1.165, 1.54) is 5.56 Å². The van der Waals surface area contributed by atoms with Crippen LogP contribution in [0.5, 0.6) is 5.75 Å². The van der Waals surface area contributed by atoms with E-state index in [1.807, 2.05) is 19.2 Å². The summed E-state index contributed by atoms with van der Waals surface area (Å²) in [5.41, 5.74) is 2.07. The topological polar surface area (TPSA) is 47.0 Å².